The fourth-order valence-corrected chi connectivity index (χ4v) is 2.07. The first kappa shape index (κ1) is 15.0. The molecule has 0 aromatic heterocycles. The second-order valence-corrected chi connectivity index (χ2v) is 4.92. The Labute approximate surface area is 125 Å². The molecule has 3 heteroatoms. The van der Waals surface area contributed by atoms with E-state index < -0.39 is 5.97 Å². The molecular weight excluding hydrogens is 262 g/mol. The van der Waals surface area contributed by atoms with E-state index in [0.29, 0.717) is 0 Å². The Morgan fingerprint density at radius 3 is 2.52 bits per heavy atom. The fraction of sp³-hybridized carbons (Fsp3) is 0.222. The maximum atomic E-state index is 10.8. The number of carbonyl (C=O) groups is 1. The van der Waals surface area contributed by atoms with Gasteiger partial charge in [-0.2, -0.15) is 0 Å². The summed E-state index contributed by atoms with van der Waals surface area (Å²) in [7, 11) is 0. The van der Waals surface area contributed by atoms with Crippen LogP contribution in [0.15, 0.2) is 53.5 Å². The molecule has 108 valence electrons. The monoisotopic (exact) mass is 281 g/mol. The van der Waals surface area contributed by atoms with Crippen molar-refractivity contribution in [1.82, 2.24) is 0 Å². The molecule has 0 aliphatic carbocycles. The van der Waals surface area contributed by atoms with Crippen molar-refractivity contribution in [3.05, 3.63) is 65.2 Å². The molecule has 0 aliphatic heterocycles. The van der Waals surface area contributed by atoms with Gasteiger partial charge in [-0.3, -0.25) is 4.99 Å². The zero-order valence-corrected chi connectivity index (χ0v) is 12.1. The first-order valence-corrected chi connectivity index (χ1v) is 7.16. The highest BCUT2D eigenvalue weighted by molar-refractivity contribution is 5.89. The number of nitrogens with zero attached hydrogens (tertiary/aromatic N) is 1. The number of aryl methyl sites for hydroxylation is 1. The lowest BCUT2D eigenvalue weighted by Gasteiger charge is -2.04. The standard InChI is InChI=1S/C18H19NO2/c1-2-3-6-15-7-4-5-8-17(15)19-13-14-9-11-16(12-10-14)18(20)21/h4-5,7-13H,2-3,6H2,1H3,(H,20,21)/b19-13+. The molecule has 0 aliphatic rings. The van der Waals surface area contributed by atoms with Gasteiger partial charge in [0.25, 0.3) is 0 Å². The van der Waals surface area contributed by atoms with E-state index in [4.69, 9.17) is 5.11 Å². The Hall–Kier alpha value is -2.42. The van der Waals surface area contributed by atoms with Crippen LogP contribution in [0.5, 0.6) is 0 Å². The molecule has 0 bridgehead atoms. The molecule has 0 heterocycles. The van der Waals surface area contributed by atoms with E-state index in [1.165, 1.54) is 5.56 Å². The second-order valence-electron chi connectivity index (χ2n) is 4.92. The topological polar surface area (TPSA) is 49.7 Å². The summed E-state index contributed by atoms with van der Waals surface area (Å²) in [4.78, 5) is 15.3. The summed E-state index contributed by atoms with van der Waals surface area (Å²) >= 11 is 0. The average Bonchev–Trinajstić information content (AvgIpc) is 2.52. The Morgan fingerprint density at radius 1 is 1.14 bits per heavy atom. The van der Waals surface area contributed by atoms with Crippen molar-refractivity contribution in [2.75, 3.05) is 0 Å². The van der Waals surface area contributed by atoms with Crippen LogP contribution in [0.25, 0.3) is 0 Å². The molecule has 0 saturated heterocycles. The number of aliphatic imine (C=N–C) groups is 1. The molecule has 0 fully saturated rings. The van der Waals surface area contributed by atoms with Crippen LogP contribution < -0.4 is 0 Å². The summed E-state index contributed by atoms with van der Waals surface area (Å²) in [5.41, 5.74) is 3.41. The smallest absolute Gasteiger partial charge is 0.335 e. The SMILES string of the molecule is CCCCc1ccccc1/N=C/c1ccc(C(=O)O)cc1. The molecule has 3 nitrogen and oxygen atoms in total. The lowest BCUT2D eigenvalue weighted by molar-refractivity contribution is 0.0697. The zero-order chi connectivity index (χ0) is 15.1. The molecule has 1 N–H and O–H groups in total. The van der Waals surface area contributed by atoms with E-state index in [9.17, 15) is 4.79 Å². The predicted octanol–water partition coefficient (Wildman–Crippen LogP) is 4.48. The summed E-state index contributed by atoms with van der Waals surface area (Å²) in [6, 6.07) is 14.8. The molecule has 0 amide bonds. The summed E-state index contributed by atoms with van der Waals surface area (Å²) in [6.45, 7) is 2.18. The van der Waals surface area contributed by atoms with E-state index >= 15 is 0 Å². The Kier molecular flexibility index (Phi) is 5.27. The maximum absolute atomic E-state index is 10.8. The number of rotatable bonds is 6. The van der Waals surface area contributed by atoms with Crippen molar-refractivity contribution in [3.63, 3.8) is 0 Å². The number of carboxylic acids is 1. The van der Waals surface area contributed by atoms with Gasteiger partial charge in [0.1, 0.15) is 0 Å². The van der Waals surface area contributed by atoms with Crippen molar-refractivity contribution in [3.8, 4) is 0 Å². The fourth-order valence-electron chi connectivity index (χ4n) is 2.07. The molecule has 2 rings (SSSR count). The molecule has 2 aromatic carbocycles. The van der Waals surface area contributed by atoms with E-state index in [1.807, 2.05) is 18.2 Å². The first-order chi connectivity index (χ1) is 10.2. The second kappa shape index (κ2) is 7.39. The quantitative estimate of drug-likeness (QED) is 0.794. The zero-order valence-electron chi connectivity index (χ0n) is 12.1. The number of hydrogen-bond acceptors (Lipinski definition) is 2. The molecule has 0 atom stereocenters. The number of aromatic carboxylic acids is 1. The molecule has 0 saturated carbocycles. The summed E-state index contributed by atoms with van der Waals surface area (Å²) in [5.74, 6) is -0.914. The van der Waals surface area contributed by atoms with Gasteiger partial charge in [0.05, 0.1) is 11.3 Å². The van der Waals surface area contributed by atoms with Crippen molar-refractivity contribution in [2.45, 2.75) is 26.2 Å². The van der Waals surface area contributed by atoms with Crippen molar-refractivity contribution in [2.24, 2.45) is 4.99 Å². The van der Waals surface area contributed by atoms with Gasteiger partial charge in [-0.1, -0.05) is 43.7 Å². The summed E-state index contributed by atoms with van der Waals surface area (Å²) in [5, 5.41) is 8.87. The number of carboxylic acid groups (broad SMARTS) is 1. The maximum Gasteiger partial charge on any atom is 0.335 e. The number of hydrogen-bond donors (Lipinski definition) is 1. The van der Waals surface area contributed by atoms with E-state index in [0.717, 1.165) is 30.5 Å². The van der Waals surface area contributed by atoms with Crippen LogP contribution in [0.1, 0.15) is 41.3 Å². The van der Waals surface area contributed by atoms with Crippen molar-refractivity contribution in [1.29, 1.82) is 0 Å². The van der Waals surface area contributed by atoms with Crippen molar-refractivity contribution >= 4 is 17.9 Å². The van der Waals surface area contributed by atoms with E-state index in [1.54, 1.807) is 30.5 Å². The highest BCUT2D eigenvalue weighted by Crippen LogP contribution is 2.20. The summed E-state index contributed by atoms with van der Waals surface area (Å²) in [6.07, 6.45) is 5.12. The molecule has 2 aromatic rings. The third kappa shape index (κ3) is 4.28. The average molecular weight is 281 g/mol. The Balaban J connectivity index is 2.15. The minimum Gasteiger partial charge on any atom is -0.478 e. The van der Waals surface area contributed by atoms with Crippen LogP contribution >= 0.6 is 0 Å². The van der Waals surface area contributed by atoms with Crippen LogP contribution in [0.4, 0.5) is 5.69 Å². The van der Waals surface area contributed by atoms with Crippen molar-refractivity contribution < 1.29 is 9.90 Å². The van der Waals surface area contributed by atoms with Gasteiger partial charge >= 0.3 is 5.97 Å². The first-order valence-electron chi connectivity index (χ1n) is 7.16. The molecule has 21 heavy (non-hydrogen) atoms. The Bertz CT molecular complexity index is 630. The minimum absolute atomic E-state index is 0.287. The van der Waals surface area contributed by atoms with Crippen LogP contribution in [0.2, 0.25) is 0 Å². The molecule has 0 unspecified atom stereocenters. The number of benzene rings is 2. The highest BCUT2D eigenvalue weighted by Gasteiger charge is 2.01. The van der Waals surface area contributed by atoms with Gasteiger partial charge in [0.2, 0.25) is 0 Å². The van der Waals surface area contributed by atoms with E-state index in [-0.39, 0.29) is 5.56 Å². The largest absolute Gasteiger partial charge is 0.478 e. The van der Waals surface area contributed by atoms with Gasteiger partial charge in [0, 0.05) is 6.21 Å². The third-order valence-electron chi connectivity index (χ3n) is 3.30. The minimum atomic E-state index is -0.914. The van der Waals surface area contributed by atoms with Crippen LogP contribution in [0, 0.1) is 0 Å². The van der Waals surface area contributed by atoms with Crippen LogP contribution in [0.3, 0.4) is 0 Å². The van der Waals surface area contributed by atoms with Gasteiger partial charge in [-0.15, -0.1) is 0 Å². The third-order valence-corrected chi connectivity index (χ3v) is 3.30. The molecule has 0 spiro atoms. The van der Waals surface area contributed by atoms with Gasteiger partial charge in [-0.25, -0.2) is 4.79 Å². The molecular formula is C18H19NO2. The number of unbranched alkanes of at least 4 members (excludes halogenated alkanes) is 1. The van der Waals surface area contributed by atoms with Gasteiger partial charge < -0.3 is 5.11 Å². The normalized spacial score (nSPS) is 10.9. The summed E-state index contributed by atoms with van der Waals surface area (Å²) < 4.78 is 0. The highest BCUT2D eigenvalue weighted by atomic mass is 16.4. The van der Waals surface area contributed by atoms with Crippen LogP contribution in [-0.4, -0.2) is 17.3 Å². The lowest BCUT2D eigenvalue weighted by atomic mass is 10.1. The molecule has 0 radical (unpaired) electrons. The van der Waals surface area contributed by atoms with E-state index in [2.05, 4.69) is 18.0 Å². The predicted molar refractivity (Wildman–Crippen MR) is 85.7 cm³/mol. The van der Waals surface area contributed by atoms with Gasteiger partial charge in [-0.05, 0) is 42.2 Å². The van der Waals surface area contributed by atoms with Gasteiger partial charge in [0.15, 0.2) is 0 Å². The lowest BCUT2D eigenvalue weighted by Crippen LogP contribution is -1.95. The Morgan fingerprint density at radius 2 is 1.86 bits per heavy atom. The number of para-hydroxylation sites is 1. The van der Waals surface area contributed by atoms with Crippen LogP contribution in [-0.2, 0) is 6.42 Å².